The first-order valence-corrected chi connectivity index (χ1v) is 12.1. The van der Waals surface area contributed by atoms with E-state index < -0.39 is 0 Å². The minimum atomic E-state index is 0.0313. The highest BCUT2D eigenvalue weighted by molar-refractivity contribution is 5.94. The molecule has 2 aliphatic heterocycles. The SMILES string of the molecule is CCNC(=NCCc1cccc(C(=O)N(C)C)c1)N1CCC(OCC2CCCCO2)CC1. The monoisotopic (exact) mass is 444 g/mol. The van der Waals surface area contributed by atoms with Crippen LogP contribution in [-0.2, 0) is 15.9 Å². The number of hydrogen-bond donors (Lipinski definition) is 1. The first-order chi connectivity index (χ1) is 15.6. The van der Waals surface area contributed by atoms with Crippen molar-refractivity contribution < 1.29 is 14.3 Å². The van der Waals surface area contributed by atoms with Gasteiger partial charge in [-0.2, -0.15) is 0 Å². The predicted octanol–water partition coefficient (Wildman–Crippen LogP) is 2.95. The minimum Gasteiger partial charge on any atom is -0.376 e. The van der Waals surface area contributed by atoms with Gasteiger partial charge in [-0.05, 0) is 63.1 Å². The zero-order valence-electron chi connectivity index (χ0n) is 20.0. The molecule has 2 aliphatic rings. The second-order valence-electron chi connectivity index (χ2n) is 8.89. The maximum absolute atomic E-state index is 12.2. The van der Waals surface area contributed by atoms with Crippen LogP contribution in [0.15, 0.2) is 29.3 Å². The Morgan fingerprint density at radius 3 is 2.75 bits per heavy atom. The topological polar surface area (TPSA) is 66.4 Å². The second kappa shape index (κ2) is 12.8. The van der Waals surface area contributed by atoms with Crippen LogP contribution in [0.4, 0.5) is 0 Å². The van der Waals surface area contributed by atoms with E-state index in [2.05, 4.69) is 23.2 Å². The number of rotatable bonds is 8. The molecule has 1 N–H and O–H groups in total. The molecule has 0 aliphatic carbocycles. The second-order valence-corrected chi connectivity index (χ2v) is 8.89. The normalized spacial score (nSPS) is 20.3. The van der Waals surface area contributed by atoms with Gasteiger partial charge in [0.25, 0.3) is 5.91 Å². The molecule has 32 heavy (non-hydrogen) atoms. The molecule has 2 heterocycles. The molecule has 0 bridgehead atoms. The predicted molar refractivity (Wildman–Crippen MR) is 128 cm³/mol. The summed E-state index contributed by atoms with van der Waals surface area (Å²) in [6.07, 6.45) is 7.01. The van der Waals surface area contributed by atoms with Crippen LogP contribution in [0, 0.1) is 0 Å². The molecule has 2 fully saturated rings. The largest absolute Gasteiger partial charge is 0.376 e. The molecule has 0 spiro atoms. The lowest BCUT2D eigenvalue weighted by molar-refractivity contribution is -0.0721. The number of ether oxygens (including phenoxy) is 2. The fourth-order valence-electron chi connectivity index (χ4n) is 4.25. The number of benzene rings is 1. The molecule has 0 saturated carbocycles. The standard InChI is InChI=1S/C25H40N4O3/c1-4-26-25(27-14-11-20-8-7-9-21(18-20)24(30)28(2)3)29-15-12-22(13-16-29)32-19-23-10-5-6-17-31-23/h7-9,18,22-23H,4-6,10-17,19H2,1-3H3,(H,26,27). The van der Waals surface area contributed by atoms with Gasteiger partial charge >= 0.3 is 0 Å². The molecule has 3 rings (SSSR count). The number of hydrogen-bond acceptors (Lipinski definition) is 4. The van der Waals surface area contributed by atoms with Gasteiger partial charge in [-0.15, -0.1) is 0 Å². The van der Waals surface area contributed by atoms with Gasteiger partial charge in [0.1, 0.15) is 0 Å². The Bertz CT molecular complexity index is 738. The molecule has 1 aromatic rings. The van der Waals surface area contributed by atoms with Crippen LogP contribution in [-0.4, -0.2) is 87.4 Å². The number of carbonyl (C=O) groups excluding carboxylic acids is 1. The molecule has 0 radical (unpaired) electrons. The van der Waals surface area contributed by atoms with Crippen LogP contribution in [0.5, 0.6) is 0 Å². The highest BCUT2D eigenvalue weighted by Crippen LogP contribution is 2.18. The van der Waals surface area contributed by atoms with Gasteiger partial charge in [-0.1, -0.05) is 12.1 Å². The lowest BCUT2D eigenvalue weighted by Gasteiger charge is -2.35. The Labute approximate surface area is 193 Å². The first kappa shape index (κ1) is 24.5. The summed E-state index contributed by atoms with van der Waals surface area (Å²) in [5, 5.41) is 3.44. The van der Waals surface area contributed by atoms with Crippen LogP contribution in [0.25, 0.3) is 0 Å². The van der Waals surface area contributed by atoms with E-state index in [0.717, 1.165) is 75.6 Å². The number of likely N-dealkylation sites (tertiary alicyclic amines) is 1. The summed E-state index contributed by atoms with van der Waals surface area (Å²) in [6, 6.07) is 7.85. The van der Waals surface area contributed by atoms with Gasteiger partial charge in [0.15, 0.2) is 5.96 Å². The molecule has 1 atom stereocenters. The van der Waals surface area contributed by atoms with E-state index in [0.29, 0.717) is 12.6 Å². The first-order valence-electron chi connectivity index (χ1n) is 12.1. The van der Waals surface area contributed by atoms with Crippen molar-refractivity contribution in [3.63, 3.8) is 0 Å². The lowest BCUT2D eigenvalue weighted by Crippen LogP contribution is -2.47. The van der Waals surface area contributed by atoms with Gasteiger partial charge in [0, 0.05) is 52.4 Å². The third-order valence-electron chi connectivity index (χ3n) is 6.11. The van der Waals surface area contributed by atoms with E-state index in [9.17, 15) is 4.79 Å². The van der Waals surface area contributed by atoms with Gasteiger partial charge < -0.3 is 24.6 Å². The number of carbonyl (C=O) groups is 1. The number of piperidine rings is 1. The minimum absolute atomic E-state index is 0.0313. The Morgan fingerprint density at radius 1 is 1.25 bits per heavy atom. The van der Waals surface area contributed by atoms with Crippen molar-refractivity contribution in [2.75, 3.05) is 53.5 Å². The van der Waals surface area contributed by atoms with Gasteiger partial charge in [0.05, 0.1) is 18.8 Å². The number of nitrogens with zero attached hydrogens (tertiary/aromatic N) is 3. The molecule has 7 heteroatoms. The van der Waals surface area contributed by atoms with E-state index in [-0.39, 0.29) is 12.0 Å². The molecular formula is C25H40N4O3. The van der Waals surface area contributed by atoms with Crippen molar-refractivity contribution in [2.24, 2.45) is 4.99 Å². The van der Waals surface area contributed by atoms with E-state index in [1.807, 2.05) is 18.2 Å². The maximum Gasteiger partial charge on any atom is 0.253 e. The van der Waals surface area contributed by atoms with Crippen LogP contribution in [0.3, 0.4) is 0 Å². The van der Waals surface area contributed by atoms with Gasteiger partial charge in [-0.25, -0.2) is 0 Å². The van der Waals surface area contributed by atoms with Crippen LogP contribution >= 0.6 is 0 Å². The van der Waals surface area contributed by atoms with Crippen molar-refractivity contribution in [1.29, 1.82) is 0 Å². The quantitative estimate of drug-likeness (QED) is 0.493. The third-order valence-corrected chi connectivity index (χ3v) is 6.11. The average Bonchev–Trinajstić information content (AvgIpc) is 2.83. The zero-order valence-corrected chi connectivity index (χ0v) is 20.0. The number of nitrogens with one attached hydrogen (secondary N) is 1. The summed E-state index contributed by atoms with van der Waals surface area (Å²) in [5.41, 5.74) is 1.86. The average molecular weight is 445 g/mol. The molecule has 178 valence electrons. The lowest BCUT2D eigenvalue weighted by atomic mass is 10.1. The molecule has 1 amide bonds. The molecule has 0 aromatic heterocycles. The molecule has 1 unspecified atom stereocenters. The summed E-state index contributed by atoms with van der Waals surface area (Å²) >= 11 is 0. The Morgan fingerprint density at radius 2 is 2.06 bits per heavy atom. The summed E-state index contributed by atoms with van der Waals surface area (Å²) in [6.45, 7) is 7.16. The van der Waals surface area contributed by atoms with Crippen molar-refractivity contribution in [1.82, 2.24) is 15.1 Å². The van der Waals surface area contributed by atoms with Crippen molar-refractivity contribution in [3.8, 4) is 0 Å². The molecule has 1 aromatic carbocycles. The fourth-order valence-corrected chi connectivity index (χ4v) is 4.25. The summed E-state index contributed by atoms with van der Waals surface area (Å²) in [7, 11) is 3.56. The Balaban J connectivity index is 1.46. The fraction of sp³-hybridized carbons (Fsp3) is 0.680. The number of guanidine groups is 1. The van der Waals surface area contributed by atoms with E-state index in [1.165, 1.54) is 12.8 Å². The summed E-state index contributed by atoms with van der Waals surface area (Å²) in [4.78, 5) is 21.0. The van der Waals surface area contributed by atoms with E-state index in [4.69, 9.17) is 14.5 Å². The molecular weight excluding hydrogens is 404 g/mol. The summed E-state index contributed by atoms with van der Waals surface area (Å²) < 4.78 is 11.9. The highest BCUT2D eigenvalue weighted by Gasteiger charge is 2.23. The van der Waals surface area contributed by atoms with Crippen LogP contribution in [0.2, 0.25) is 0 Å². The zero-order chi connectivity index (χ0) is 22.8. The number of aliphatic imine (C=N–C) groups is 1. The van der Waals surface area contributed by atoms with Crippen LogP contribution < -0.4 is 5.32 Å². The van der Waals surface area contributed by atoms with Crippen molar-refractivity contribution >= 4 is 11.9 Å². The summed E-state index contributed by atoms with van der Waals surface area (Å²) in [5.74, 6) is 1.01. The smallest absolute Gasteiger partial charge is 0.253 e. The van der Waals surface area contributed by atoms with Crippen molar-refractivity contribution in [3.05, 3.63) is 35.4 Å². The molecule has 7 nitrogen and oxygen atoms in total. The number of amides is 1. The Hall–Kier alpha value is -2.12. The van der Waals surface area contributed by atoms with E-state index in [1.54, 1.807) is 19.0 Å². The van der Waals surface area contributed by atoms with Gasteiger partial charge in [-0.3, -0.25) is 9.79 Å². The van der Waals surface area contributed by atoms with E-state index >= 15 is 0 Å². The molecule has 2 saturated heterocycles. The third kappa shape index (κ3) is 7.48. The van der Waals surface area contributed by atoms with Gasteiger partial charge in [0.2, 0.25) is 0 Å². The maximum atomic E-state index is 12.2. The highest BCUT2D eigenvalue weighted by atomic mass is 16.5. The van der Waals surface area contributed by atoms with Crippen LogP contribution in [0.1, 0.15) is 54.9 Å². The Kier molecular flexibility index (Phi) is 9.81. The van der Waals surface area contributed by atoms with Crippen molar-refractivity contribution in [2.45, 2.75) is 57.7 Å².